The minimum atomic E-state index is 0.311. The topological polar surface area (TPSA) is 34.1 Å². The van der Waals surface area contributed by atoms with Crippen LogP contribution in [0.25, 0.3) is 0 Å². The Morgan fingerprint density at radius 1 is 1.79 bits per heavy atom. The zero-order valence-corrected chi connectivity index (χ0v) is 9.57. The number of nitrogens with one attached hydrogen (secondary N) is 1. The molecule has 0 aliphatic carbocycles. The molecule has 0 saturated carbocycles. The molecule has 2 rings (SSSR count). The van der Waals surface area contributed by atoms with Crippen LogP contribution < -0.4 is 5.32 Å². The van der Waals surface area contributed by atoms with Crippen LogP contribution in [0.2, 0.25) is 4.34 Å². The van der Waals surface area contributed by atoms with Crippen LogP contribution in [0.5, 0.6) is 0 Å². The number of thiazole rings is 1. The molecule has 0 bridgehead atoms. The van der Waals surface area contributed by atoms with Gasteiger partial charge in [-0.15, -0.1) is 11.3 Å². The first kappa shape index (κ1) is 10.4. The number of nitrogens with zero attached hydrogens (tertiary/aromatic N) is 1. The van der Waals surface area contributed by atoms with Crippen LogP contribution in [0.15, 0.2) is 6.20 Å². The van der Waals surface area contributed by atoms with Crippen molar-refractivity contribution in [2.75, 3.05) is 6.61 Å². The van der Waals surface area contributed by atoms with Crippen LogP contribution in [-0.2, 0) is 11.3 Å². The van der Waals surface area contributed by atoms with Gasteiger partial charge in [0, 0.05) is 19.2 Å². The van der Waals surface area contributed by atoms with Gasteiger partial charge in [-0.2, -0.15) is 0 Å². The quantitative estimate of drug-likeness (QED) is 0.867. The summed E-state index contributed by atoms with van der Waals surface area (Å²) in [6.45, 7) is 3.74. The van der Waals surface area contributed by atoms with Gasteiger partial charge in [0.25, 0.3) is 0 Å². The third kappa shape index (κ3) is 2.45. The molecule has 5 heteroatoms. The van der Waals surface area contributed by atoms with E-state index in [4.69, 9.17) is 16.3 Å². The number of rotatable bonds is 3. The second-order valence-corrected chi connectivity index (χ2v) is 5.16. The molecule has 1 aliphatic heterocycles. The summed E-state index contributed by atoms with van der Waals surface area (Å²) in [7, 11) is 0. The van der Waals surface area contributed by atoms with Crippen molar-refractivity contribution < 1.29 is 4.74 Å². The third-order valence-corrected chi connectivity index (χ3v) is 3.53. The molecule has 2 heterocycles. The molecule has 0 aromatic carbocycles. The predicted octanol–water partition coefficient (Wildman–Crippen LogP) is 2.06. The predicted molar refractivity (Wildman–Crippen MR) is 57.8 cm³/mol. The van der Waals surface area contributed by atoms with E-state index < -0.39 is 0 Å². The second kappa shape index (κ2) is 4.57. The zero-order valence-electron chi connectivity index (χ0n) is 8.00. The molecule has 2 atom stereocenters. The molecule has 0 spiro atoms. The van der Waals surface area contributed by atoms with Gasteiger partial charge < -0.3 is 10.1 Å². The van der Waals surface area contributed by atoms with Gasteiger partial charge in [0.1, 0.15) is 9.34 Å². The van der Waals surface area contributed by atoms with Crippen molar-refractivity contribution in [3.8, 4) is 0 Å². The molecular weight excluding hydrogens is 220 g/mol. The Kier molecular flexibility index (Phi) is 3.38. The molecule has 1 aliphatic rings. The molecule has 14 heavy (non-hydrogen) atoms. The van der Waals surface area contributed by atoms with Gasteiger partial charge in [0.15, 0.2) is 0 Å². The first-order chi connectivity index (χ1) is 6.75. The van der Waals surface area contributed by atoms with E-state index in [1.807, 2.05) is 0 Å². The summed E-state index contributed by atoms with van der Waals surface area (Å²) in [6.07, 6.45) is 3.09. The van der Waals surface area contributed by atoms with E-state index in [-0.39, 0.29) is 0 Å². The normalized spacial score (nSPS) is 27.0. The molecule has 0 amide bonds. The van der Waals surface area contributed by atoms with Gasteiger partial charge in [-0.3, -0.25) is 0 Å². The van der Waals surface area contributed by atoms with Gasteiger partial charge in [-0.1, -0.05) is 11.6 Å². The number of aromatic nitrogens is 1. The minimum Gasteiger partial charge on any atom is -0.377 e. The van der Waals surface area contributed by atoms with Crippen molar-refractivity contribution >= 4 is 22.9 Å². The van der Waals surface area contributed by atoms with E-state index >= 15 is 0 Å². The average molecular weight is 233 g/mol. The van der Waals surface area contributed by atoms with Gasteiger partial charge in [-0.05, 0) is 13.3 Å². The van der Waals surface area contributed by atoms with Crippen molar-refractivity contribution in [2.24, 2.45) is 0 Å². The summed E-state index contributed by atoms with van der Waals surface area (Å²) >= 11 is 7.31. The lowest BCUT2D eigenvalue weighted by atomic mass is 10.1. The van der Waals surface area contributed by atoms with Gasteiger partial charge in [0.05, 0.1) is 12.3 Å². The number of halogens is 1. The first-order valence-corrected chi connectivity index (χ1v) is 5.90. The van der Waals surface area contributed by atoms with Crippen LogP contribution in [0, 0.1) is 0 Å². The fourth-order valence-electron chi connectivity index (χ4n) is 1.59. The molecule has 1 aromatic rings. The average Bonchev–Trinajstić information content (AvgIpc) is 2.72. The Labute approximate surface area is 92.4 Å². The van der Waals surface area contributed by atoms with Crippen molar-refractivity contribution in [3.63, 3.8) is 0 Å². The van der Waals surface area contributed by atoms with Crippen LogP contribution >= 0.6 is 22.9 Å². The van der Waals surface area contributed by atoms with E-state index in [1.165, 1.54) is 11.3 Å². The van der Waals surface area contributed by atoms with Crippen LogP contribution in [0.1, 0.15) is 18.4 Å². The molecule has 1 aromatic heterocycles. The van der Waals surface area contributed by atoms with E-state index in [1.54, 1.807) is 6.20 Å². The Bertz CT molecular complexity index is 305. The van der Waals surface area contributed by atoms with Crippen LogP contribution in [-0.4, -0.2) is 23.7 Å². The van der Waals surface area contributed by atoms with Crippen molar-refractivity contribution in [1.29, 1.82) is 0 Å². The lowest BCUT2D eigenvalue weighted by Gasteiger charge is -2.14. The summed E-state index contributed by atoms with van der Waals surface area (Å²) in [5, 5.41) is 4.46. The Hall–Kier alpha value is -0.160. The molecule has 1 fully saturated rings. The molecule has 3 nitrogen and oxygen atoms in total. The lowest BCUT2D eigenvalue weighted by Crippen LogP contribution is -2.34. The van der Waals surface area contributed by atoms with E-state index in [9.17, 15) is 0 Å². The first-order valence-electron chi connectivity index (χ1n) is 4.71. The van der Waals surface area contributed by atoms with E-state index in [0.29, 0.717) is 12.1 Å². The molecule has 1 saturated heterocycles. The molecule has 78 valence electrons. The zero-order chi connectivity index (χ0) is 9.97. The summed E-state index contributed by atoms with van der Waals surface area (Å²) in [6, 6.07) is 0.456. The molecule has 2 unspecified atom stereocenters. The molecule has 0 radical (unpaired) electrons. The highest BCUT2D eigenvalue weighted by Crippen LogP contribution is 2.19. The standard InChI is InChI=1S/C9H13ClN2OS/c1-6-7(2-3-13-6)11-5-9-12-4-8(10)14-9/h4,6-7,11H,2-3,5H2,1H3. The third-order valence-electron chi connectivity index (χ3n) is 2.42. The highest BCUT2D eigenvalue weighted by atomic mass is 35.5. The lowest BCUT2D eigenvalue weighted by molar-refractivity contribution is 0.113. The smallest absolute Gasteiger partial charge is 0.113 e. The Morgan fingerprint density at radius 2 is 2.64 bits per heavy atom. The van der Waals surface area contributed by atoms with Gasteiger partial charge >= 0.3 is 0 Å². The highest BCUT2D eigenvalue weighted by molar-refractivity contribution is 7.15. The highest BCUT2D eigenvalue weighted by Gasteiger charge is 2.23. The molecular formula is C9H13ClN2OS. The fourth-order valence-corrected chi connectivity index (χ4v) is 2.50. The summed E-state index contributed by atoms with van der Waals surface area (Å²) in [5.41, 5.74) is 0. The van der Waals surface area contributed by atoms with Gasteiger partial charge in [-0.25, -0.2) is 4.98 Å². The van der Waals surface area contributed by atoms with Crippen molar-refractivity contribution in [2.45, 2.75) is 32.0 Å². The summed E-state index contributed by atoms with van der Waals surface area (Å²) in [5.74, 6) is 0. The minimum absolute atomic E-state index is 0.311. The van der Waals surface area contributed by atoms with Gasteiger partial charge in [0.2, 0.25) is 0 Å². The largest absolute Gasteiger partial charge is 0.377 e. The van der Waals surface area contributed by atoms with E-state index in [2.05, 4.69) is 17.2 Å². The van der Waals surface area contributed by atoms with Crippen molar-refractivity contribution in [1.82, 2.24) is 10.3 Å². The maximum Gasteiger partial charge on any atom is 0.113 e. The SMILES string of the molecule is CC1OCCC1NCc1ncc(Cl)s1. The summed E-state index contributed by atoms with van der Waals surface area (Å²) in [4.78, 5) is 4.19. The maximum absolute atomic E-state index is 5.79. The fraction of sp³-hybridized carbons (Fsp3) is 0.667. The second-order valence-electron chi connectivity index (χ2n) is 3.41. The Morgan fingerprint density at radius 3 is 3.21 bits per heavy atom. The summed E-state index contributed by atoms with van der Waals surface area (Å²) < 4.78 is 6.20. The maximum atomic E-state index is 5.79. The molecule has 1 N–H and O–H groups in total. The van der Waals surface area contributed by atoms with E-state index in [0.717, 1.165) is 28.9 Å². The van der Waals surface area contributed by atoms with Crippen molar-refractivity contribution in [3.05, 3.63) is 15.5 Å². The van der Waals surface area contributed by atoms with Crippen LogP contribution in [0.3, 0.4) is 0 Å². The monoisotopic (exact) mass is 232 g/mol. The van der Waals surface area contributed by atoms with Crippen LogP contribution in [0.4, 0.5) is 0 Å². The number of hydrogen-bond donors (Lipinski definition) is 1. The number of ether oxygens (including phenoxy) is 1. The Balaban J connectivity index is 1.82. The number of hydrogen-bond acceptors (Lipinski definition) is 4.